The third kappa shape index (κ3) is 3.54. The first kappa shape index (κ1) is 27.8. The highest BCUT2D eigenvalue weighted by Gasteiger charge is 2.27. The minimum atomic E-state index is 0.730. The van der Waals surface area contributed by atoms with Crippen LogP contribution in [0.2, 0.25) is 0 Å². The van der Waals surface area contributed by atoms with E-state index in [4.69, 9.17) is 9.97 Å². The Morgan fingerprint density at radius 2 is 1.09 bits per heavy atom. The first-order valence-corrected chi connectivity index (χ1v) is 18.8. The lowest BCUT2D eigenvalue weighted by Gasteiger charge is -2.12. The van der Waals surface area contributed by atoms with Gasteiger partial charge in [-0.05, 0) is 57.9 Å². The van der Waals surface area contributed by atoms with Gasteiger partial charge in [-0.1, -0.05) is 121 Å². The summed E-state index contributed by atoms with van der Waals surface area (Å²) in [4.78, 5) is 11.9. The molecule has 53 heavy (non-hydrogen) atoms. The van der Waals surface area contributed by atoms with E-state index >= 15 is 0 Å². The summed E-state index contributed by atoms with van der Waals surface area (Å²) in [5, 5.41) is 14.7. The summed E-state index contributed by atoms with van der Waals surface area (Å²) in [5.74, 6) is 1.64. The van der Waals surface area contributed by atoms with Crippen molar-refractivity contribution in [1.29, 1.82) is 0 Å². The number of thiophene rings is 1. The molecule has 0 fully saturated rings. The highest BCUT2D eigenvalue weighted by atomic mass is 32.1. The number of nitrogens with zero attached hydrogens (tertiary/aromatic N) is 4. The van der Waals surface area contributed by atoms with Crippen LogP contribution in [0.15, 0.2) is 158 Å². The predicted octanol–water partition coefficient (Wildman–Crippen LogP) is 13.1. The Morgan fingerprint density at radius 1 is 0.415 bits per heavy atom. The maximum atomic E-state index is 5.62. The Kier molecular flexibility index (Phi) is 5.22. The van der Waals surface area contributed by atoms with E-state index in [0.717, 1.165) is 38.5 Å². The third-order valence-electron chi connectivity index (χ3n) is 11.4. The highest BCUT2D eigenvalue weighted by molar-refractivity contribution is 7.25. The minimum Gasteiger partial charge on any atom is -0.308 e. The monoisotopic (exact) mass is 690 g/mol. The summed E-state index contributed by atoms with van der Waals surface area (Å²) in [6.07, 6.45) is 0. The van der Waals surface area contributed by atoms with E-state index in [2.05, 4.69) is 167 Å². The normalized spacial score (nSPS) is 12.5. The van der Waals surface area contributed by atoms with Crippen LogP contribution in [0.3, 0.4) is 0 Å². The minimum absolute atomic E-state index is 0.730. The summed E-state index contributed by atoms with van der Waals surface area (Å²) < 4.78 is 6.14. The smallest absolute Gasteiger partial charge is 0.163 e. The van der Waals surface area contributed by atoms with Gasteiger partial charge in [0.15, 0.2) is 11.6 Å². The second kappa shape index (κ2) is 9.94. The van der Waals surface area contributed by atoms with E-state index in [1.807, 2.05) is 0 Å². The van der Waals surface area contributed by atoms with Crippen molar-refractivity contribution >= 4 is 113 Å². The van der Waals surface area contributed by atoms with Gasteiger partial charge in [0.05, 0.1) is 33.0 Å². The van der Waals surface area contributed by atoms with E-state index in [9.17, 15) is 0 Å². The van der Waals surface area contributed by atoms with Gasteiger partial charge in [-0.15, -0.1) is 11.3 Å². The third-order valence-corrected chi connectivity index (χ3v) is 12.5. The fourth-order valence-electron chi connectivity index (χ4n) is 9.23. The summed E-state index contributed by atoms with van der Waals surface area (Å²) in [5.41, 5.74) is 7.04. The molecule has 5 heteroatoms. The van der Waals surface area contributed by atoms with E-state index < -0.39 is 0 Å². The van der Waals surface area contributed by atoms with E-state index in [1.165, 1.54) is 80.5 Å². The van der Waals surface area contributed by atoms with E-state index in [-0.39, 0.29) is 0 Å². The van der Waals surface area contributed by atoms with Gasteiger partial charge in [-0.25, -0.2) is 9.97 Å². The van der Waals surface area contributed by atoms with Gasteiger partial charge in [-0.3, -0.25) is 4.57 Å². The van der Waals surface area contributed by atoms with Crippen LogP contribution < -0.4 is 0 Å². The van der Waals surface area contributed by atoms with Gasteiger partial charge in [0.25, 0.3) is 0 Å². The molecule has 0 N–H and O–H groups in total. The van der Waals surface area contributed by atoms with E-state index in [1.54, 1.807) is 11.3 Å². The topological polar surface area (TPSA) is 35.1 Å². The first-order chi connectivity index (χ1) is 26.3. The Morgan fingerprint density at radius 3 is 1.96 bits per heavy atom. The molecule has 8 aromatic carbocycles. The molecule has 13 aromatic rings. The molecule has 0 aliphatic rings. The summed E-state index contributed by atoms with van der Waals surface area (Å²) in [6.45, 7) is 0. The molecule has 5 heterocycles. The molecule has 0 aliphatic carbocycles. The molecule has 0 radical (unpaired) electrons. The summed E-state index contributed by atoms with van der Waals surface area (Å²) in [6, 6.07) is 57.3. The number of fused-ring (bicyclic) bond motifs is 16. The molecule has 0 saturated heterocycles. The number of para-hydroxylation sites is 2. The summed E-state index contributed by atoms with van der Waals surface area (Å²) >= 11 is 1.74. The average molecular weight is 691 g/mol. The first-order valence-electron chi connectivity index (χ1n) is 18.0. The lowest BCUT2D eigenvalue weighted by molar-refractivity contribution is 1.08. The van der Waals surface area contributed by atoms with Crippen molar-refractivity contribution in [2.45, 2.75) is 0 Å². The maximum Gasteiger partial charge on any atom is 0.163 e. The standard InChI is InChI=1S/C48H26N4S/c1-2-13-29-25-30(22-21-27(29)11-1)46-49-47(43-34-17-7-10-20-40(34)53-48(43)50-46)52-38-24-23-28-12-3-4-14-31(28)41(38)44-39(52)26-35-32-15-5-8-18-36(32)51-37-19-9-6-16-33(37)42(44)45(35)51/h1-26H. The van der Waals surface area contributed by atoms with Gasteiger partial charge < -0.3 is 4.40 Å². The molecular formula is C48H26N4S. The zero-order valence-corrected chi connectivity index (χ0v) is 29.0. The predicted molar refractivity (Wildman–Crippen MR) is 224 cm³/mol. The fraction of sp³-hybridized carbons (Fsp3) is 0. The van der Waals surface area contributed by atoms with Crippen LogP contribution in [-0.2, 0) is 0 Å². The molecule has 0 atom stereocenters. The van der Waals surface area contributed by atoms with Crippen molar-refractivity contribution in [3.8, 4) is 17.2 Å². The molecule has 0 saturated carbocycles. The lowest BCUT2D eigenvalue weighted by atomic mass is 9.99. The van der Waals surface area contributed by atoms with Gasteiger partial charge in [0.2, 0.25) is 0 Å². The van der Waals surface area contributed by atoms with Crippen molar-refractivity contribution in [1.82, 2.24) is 18.9 Å². The van der Waals surface area contributed by atoms with Crippen molar-refractivity contribution in [2.75, 3.05) is 0 Å². The van der Waals surface area contributed by atoms with Crippen molar-refractivity contribution < 1.29 is 0 Å². The van der Waals surface area contributed by atoms with Gasteiger partial charge in [0.1, 0.15) is 4.83 Å². The molecule has 4 nitrogen and oxygen atoms in total. The number of benzene rings is 8. The molecule has 0 aliphatic heterocycles. The zero-order chi connectivity index (χ0) is 34.4. The second-order valence-corrected chi connectivity index (χ2v) is 15.2. The SMILES string of the molecule is c1ccc2cc(-c3nc(-n4c5ccc6ccccc6c5c5c6c7ccccc7n7c8ccccc8c(cc54)c67)c4c(n3)sc3ccccc34)ccc2c1. The number of hydrogen-bond donors (Lipinski definition) is 0. The molecule has 13 rings (SSSR count). The fourth-order valence-corrected chi connectivity index (χ4v) is 10.3. The summed E-state index contributed by atoms with van der Waals surface area (Å²) in [7, 11) is 0. The number of rotatable bonds is 2. The van der Waals surface area contributed by atoms with Crippen LogP contribution in [0, 0.1) is 0 Å². The molecule has 0 unspecified atom stereocenters. The Labute approximate surface area is 305 Å². The lowest BCUT2D eigenvalue weighted by Crippen LogP contribution is -2.02. The van der Waals surface area contributed by atoms with Crippen molar-refractivity contribution in [2.24, 2.45) is 0 Å². The zero-order valence-electron chi connectivity index (χ0n) is 28.2. The number of hydrogen-bond acceptors (Lipinski definition) is 3. The molecule has 0 bridgehead atoms. The quantitative estimate of drug-likeness (QED) is 0.181. The average Bonchev–Trinajstić information content (AvgIpc) is 3.95. The molecule has 244 valence electrons. The van der Waals surface area contributed by atoms with Crippen LogP contribution in [0.25, 0.3) is 119 Å². The maximum absolute atomic E-state index is 5.62. The molecule has 0 amide bonds. The van der Waals surface area contributed by atoms with Crippen LogP contribution in [0.5, 0.6) is 0 Å². The largest absolute Gasteiger partial charge is 0.308 e. The Balaban J connectivity index is 1.29. The molecular weight excluding hydrogens is 665 g/mol. The second-order valence-electron chi connectivity index (χ2n) is 14.1. The highest BCUT2D eigenvalue weighted by Crippen LogP contribution is 2.49. The molecule has 5 aromatic heterocycles. The van der Waals surface area contributed by atoms with Gasteiger partial charge >= 0.3 is 0 Å². The van der Waals surface area contributed by atoms with E-state index in [0.29, 0.717) is 0 Å². The Hall–Kier alpha value is -6.82. The number of aromatic nitrogens is 4. The van der Waals surface area contributed by atoms with Crippen LogP contribution in [0.1, 0.15) is 0 Å². The van der Waals surface area contributed by atoms with Crippen molar-refractivity contribution in [3.63, 3.8) is 0 Å². The van der Waals surface area contributed by atoms with Gasteiger partial charge in [-0.2, -0.15) is 0 Å². The van der Waals surface area contributed by atoms with Crippen LogP contribution in [-0.4, -0.2) is 18.9 Å². The van der Waals surface area contributed by atoms with Crippen LogP contribution >= 0.6 is 11.3 Å². The van der Waals surface area contributed by atoms with Crippen LogP contribution in [0.4, 0.5) is 0 Å². The van der Waals surface area contributed by atoms with Gasteiger partial charge in [0, 0.05) is 48.0 Å². The van der Waals surface area contributed by atoms with Crippen molar-refractivity contribution in [3.05, 3.63) is 158 Å². The molecule has 0 spiro atoms. The Bertz CT molecular complexity index is 3700.